The van der Waals surface area contributed by atoms with Crippen LogP contribution in [0, 0.1) is 5.92 Å². The van der Waals surface area contributed by atoms with Gasteiger partial charge in [-0.15, -0.1) is 0 Å². The SMILES string of the molecule is CN(C(=O)N1CCCC(C(=O)O)C1)C(C)(C)CO. The van der Waals surface area contributed by atoms with Crippen molar-refractivity contribution in [3.05, 3.63) is 0 Å². The predicted octanol–water partition coefficient (Wildman–Crippen LogP) is 0.606. The monoisotopic (exact) mass is 258 g/mol. The van der Waals surface area contributed by atoms with Crippen LogP contribution in [0.5, 0.6) is 0 Å². The lowest BCUT2D eigenvalue weighted by molar-refractivity contribution is -0.143. The quantitative estimate of drug-likeness (QED) is 0.777. The van der Waals surface area contributed by atoms with Crippen molar-refractivity contribution in [2.75, 3.05) is 26.7 Å². The van der Waals surface area contributed by atoms with Crippen LogP contribution >= 0.6 is 0 Å². The van der Waals surface area contributed by atoms with Crippen molar-refractivity contribution in [1.82, 2.24) is 9.80 Å². The lowest BCUT2D eigenvalue weighted by Gasteiger charge is -2.40. The van der Waals surface area contributed by atoms with Crippen molar-refractivity contribution in [2.45, 2.75) is 32.2 Å². The lowest BCUT2D eigenvalue weighted by atomic mass is 9.98. The Hall–Kier alpha value is -1.30. The number of carbonyl (C=O) groups is 2. The van der Waals surface area contributed by atoms with Crippen LogP contribution in [0.25, 0.3) is 0 Å². The van der Waals surface area contributed by atoms with E-state index in [1.54, 1.807) is 25.8 Å². The van der Waals surface area contributed by atoms with Gasteiger partial charge >= 0.3 is 12.0 Å². The Labute approximate surface area is 107 Å². The van der Waals surface area contributed by atoms with Gasteiger partial charge in [-0.2, -0.15) is 0 Å². The summed E-state index contributed by atoms with van der Waals surface area (Å²) in [4.78, 5) is 26.2. The number of aliphatic hydroxyl groups excluding tert-OH is 1. The molecular formula is C12H22N2O4. The van der Waals surface area contributed by atoms with E-state index in [-0.39, 0.29) is 19.2 Å². The van der Waals surface area contributed by atoms with Gasteiger partial charge in [0.25, 0.3) is 0 Å². The Balaban J connectivity index is 2.69. The number of carboxylic acid groups (broad SMARTS) is 1. The lowest BCUT2D eigenvalue weighted by Crippen LogP contribution is -2.55. The number of nitrogens with zero attached hydrogens (tertiary/aromatic N) is 2. The number of carbonyl (C=O) groups excluding carboxylic acids is 1. The predicted molar refractivity (Wildman–Crippen MR) is 66.3 cm³/mol. The van der Waals surface area contributed by atoms with Gasteiger partial charge in [-0.3, -0.25) is 4.79 Å². The molecule has 1 saturated heterocycles. The Bertz CT molecular complexity index is 330. The topological polar surface area (TPSA) is 81.1 Å². The van der Waals surface area contributed by atoms with E-state index < -0.39 is 17.4 Å². The molecule has 0 aromatic rings. The molecule has 1 rings (SSSR count). The summed E-state index contributed by atoms with van der Waals surface area (Å²) in [5, 5.41) is 18.2. The molecule has 1 aliphatic rings. The molecule has 0 aliphatic carbocycles. The van der Waals surface area contributed by atoms with Gasteiger partial charge in [0, 0.05) is 20.1 Å². The standard InChI is InChI=1S/C12H22N2O4/c1-12(2,8-15)13(3)11(18)14-6-4-5-9(7-14)10(16)17/h9,15H,4-8H2,1-3H3,(H,16,17). The van der Waals surface area contributed by atoms with E-state index in [0.29, 0.717) is 19.4 Å². The van der Waals surface area contributed by atoms with Gasteiger partial charge in [-0.05, 0) is 26.7 Å². The number of carboxylic acids is 1. The van der Waals surface area contributed by atoms with Crippen molar-refractivity contribution in [2.24, 2.45) is 5.92 Å². The summed E-state index contributed by atoms with van der Waals surface area (Å²) in [6.07, 6.45) is 1.32. The summed E-state index contributed by atoms with van der Waals surface area (Å²) >= 11 is 0. The van der Waals surface area contributed by atoms with Gasteiger partial charge in [0.2, 0.25) is 0 Å². The molecule has 18 heavy (non-hydrogen) atoms. The summed E-state index contributed by atoms with van der Waals surface area (Å²) in [5.41, 5.74) is -0.646. The number of hydrogen-bond acceptors (Lipinski definition) is 3. The zero-order valence-electron chi connectivity index (χ0n) is 11.2. The number of likely N-dealkylation sites (tertiary alicyclic amines) is 1. The van der Waals surface area contributed by atoms with E-state index in [2.05, 4.69) is 0 Å². The molecule has 1 heterocycles. The smallest absolute Gasteiger partial charge is 0.320 e. The third-order valence-electron chi connectivity index (χ3n) is 3.62. The average molecular weight is 258 g/mol. The molecule has 1 aliphatic heterocycles. The number of likely N-dealkylation sites (N-methyl/N-ethyl adjacent to an activating group) is 1. The van der Waals surface area contributed by atoms with Crippen molar-refractivity contribution >= 4 is 12.0 Å². The zero-order valence-corrected chi connectivity index (χ0v) is 11.2. The molecular weight excluding hydrogens is 236 g/mol. The highest BCUT2D eigenvalue weighted by molar-refractivity contribution is 5.77. The van der Waals surface area contributed by atoms with Gasteiger partial charge in [-0.1, -0.05) is 0 Å². The van der Waals surface area contributed by atoms with Crippen LogP contribution in [-0.2, 0) is 4.79 Å². The number of amides is 2. The van der Waals surface area contributed by atoms with Crippen LogP contribution in [0.15, 0.2) is 0 Å². The molecule has 0 aromatic carbocycles. The Morgan fingerprint density at radius 2 is 2.06 bits per heavy atom. The highest BCUT2D eigenvalue weighted by atomic mass is 16.4. The van der Waals surface area contributed by atoms with E-state index in [4.69, 9.17) is 5.11 Å². The average Bonchev–Trinajstić information content (AvgIpc) is 2.37. The van der Waals surface area contributed by atoms with Crippen LogP contribution in [-0.4, -0.2) is 64.3 Å². The van der Waals surface area contributed by atoms with Crippen LogP contribution in [0.3, 0.4) is 0 Å². The number of piperidine rings is 1. The second-order valence-corrected chi connectivity index (χ2v) is 5.44. The summed E-state index contributed by atoms with van der Waals surface area (Å²) in [7, 11) is 1.63. The molecule has 0 radical (unpaired) electrons. The van der Waals surface area contributed by atoms with E-state index in [1.807, 2.05) is 0 Å². The van der Waals surface area contributed by atoms with Gasteiger partial charge in [0.1, 0.15) is 0 Å². The Kier molecular flexibility index (Phi) is 4.56. The van der Waals surface area contributed by atoms with Crippen molar-refractivity contribution in [3.8, 4) is 0 Å². The molecule has 6 heteroatoms. The number of rotatable bonds is 3. The molecule has 0 aromatic heterocycles. The van der Waals surface area contributed by atoms with Gasteiger partial charge < -0.3 is 20.0 Å². The second kappa shape index (κ2) is 5.56. The number of aliphatic hydroxyl groups is 1. The van der Waals surface area contributed by atoms with Crippen LogP contribution < -0.4 is 0 Å². The fourth-order valence-electron chi connectivity index (χ4n) is 1.93. The molecule has 0 saturated carbocycles. The van der Waals surface area contributed by atoms with Crippen molar-refractivity contribution < 1.29 is 19.8 Å². The summed E-state index contributed by atoms with van der Waals surface area (Å²) in [5.74, 6) is -1.33. The molecule has 2 amide bonds. The molecule has 0 spiro atoms. The normalized spacial score (nSPS) is 20.7. The third-order valence-corrected chi connectivity index (χ3v) is 3.62. The summed E-state index contributed by atoms with van der Waals surface area (Å²) in [6, 6.07) is -0.222. The number of hydrogen-bond donors (Lipinski definition) is 2. The van der Waals surface area contributed by atoms with Crippen LogP contribution in [0.1, 0.15) is 26.7 Å². The Morgan fingerprint density at radius 3 is 2.56 bits per heavy atom. The van der Waals surface area contributed by atoms with Crippen LogP contribution in [0.2, 0.25) is 0 Å². The highest BCUT2D eigenvalue weighted by Gasteiger charge is 2.34. The van der Waals surface area contributed by atoms with E-state index in [9.17, 15) is 14.7 Å². The number of aliphatic carboxylic acids is 1. The largest absolute Gasteiger partial charge is 0.481 e. The summed E-state index contributed by atoms with van der Waals surface area (Å²) in [6.45, 7) is 4.23. The van der Waals surface area contributed by atoms with Crippen molar-refractivity contribution in [3.63, 3.8) is 0 Å². The molecule has 1 atom stereocenters. The fraction of sp³-hybridized carbons (Fsp3) is 0.833. The highest BCUT2D eigenvalue weighted by Crippen LogP contribution is 2.20. The van der Waals surface area contributed by atoms with Gasteiger partial charge in [-0.25, -0.2) is 4.79 Å². The second-order valence-electron chi connectivity index (χ2n) is 5.44. The Morgan fingerprint density at radius 1 is 1.44 bits per heavy atom. The van der Waals surface area contributed by atoms with Crippen molar-refractivity contribution in [1.29, 1.82) is 0 Å². The maximum Gasteiger partial charge on any atom is 0.320 e. The maximum absolute atomic E-state index is 12.2. The molecule has 2 N–H and O–H groups in total. The number of urea groups is 1. The maximum atomic E-state index is 12.2. The third kappa shape index (κ3) is 3.13. The van der Waals surface area contributed by atoms with E-state index in [0.717, 1.165) is 0 Å². The fourth-order valence-corrected chi connectivity index (χ4v) is 1.93. The molecule has 1 unspecified atom stereocenters. The first-order valence-electron chi connectivity index (χ1n) is 6.16. The first-order valence-corrected chi connectivity index (χ1v) is 6.16. The zero-order chi connectivity index (χ0) is 13.9. The van der Waals surface area contributed by atoms with Crippen LogP contribution in [0.4, 0.5) is 4.79 Å². The van der Waals surface area contributed by atoms with Gasteiger partial charge in [0.15, 0.2) is 0 Å². The molecule has 6 nitrogen and oxygen atoms in total. The molecule has 104 valence electrons. The van der Waals surface area contributed by atoms with E-state index >= 15 is 0 Å². The minimum Gasteiger partial charge on any atom is -0.481 e. The minimum atomic E-state index is -0.850. The molecule has 1 fully saturated rings. The minimum absolute atomic E-state index is 0.133. The first kappa shape index (κ1) is 14.8. The first-order chi connectivity index (χ1) is 8.29. The summed E-state index contributed by atoms with van der Waals surface area (Å²) < 4.78 is 0. The van der Waals surface area contributed by atoms with E-state index in [1.165, 1.54) is 4.90 Å². The molecule has 0 bridgehead atoms. The van der Waals surface area contributed by atoms with Gasteiger partial charge in [0.05, 0.1) is 18.1 Å².